The fourth-order valence-electron chi connectivity index (χ4n) is 3.38. The predicted molar refractivity (Wildman–Crippen MR) is 117 cm³/mol. The van der Waals surface area contributed by atoms with E-state index in [9.17, 15) is 4.79 Å². The molecule has 1 fully saturated rings. The molecule has 7 nitrogen and oxygen atoms in total. The summed E-state index contributed by atoms with van der Waals surface area (Å²) in [6.07, 6.45) is 5.41. The summed E-state index contributed by atoms with van der Waals surface area (Å²) in [6, 6.07) is 11.4. The molecule has 4 aromatic rings. The molecule has 1 aliphatic heterocycles. The van der Waals surface area contributed by atoms with Gasteiger partial charge in [-0.25, -0.2) is 14.6 Å². The van der Waals surface area contributed by atoms with E-state index >= 15 is 0 Å². The number of carbonyl (C=O) groups is 1. The molecule has 0 bridgehead atoms. The molecular formula is C20H17BrN6OS. The van der Waals surface area contributed by atoms with E-state index < -0.39 is 0 Å². The van der Waals surface area contributed by atoms with Gasteiger partial charge < -0.3 is 9.80 Å². The lowest BCUT2D eigenvalue weighted by atomic mass is 10.1. The van der Waals surface area contributed by atoms with Crippen LogP contribution in [0.5, 0.6) is 0 Å². The predicted octanol–water partition coefficient (Wildman–Crippen LogP) is 3.60. The monoisotopic (exact) mass is 468 g/mol. The third-order valence-corrected chi connectivity index (χ3v) is 6.37. The zero-order valence-corrected chi connectivity index (χ0v) is 17.8. The largest absolute Gasteiger partial charge is 0.344 e. The fraction of sp³-hybridized carbons (Fsp3) is 0.200. The Balaban J connectivity index is 1.25. The summed E-state index contributed by atoms with van der Waals surface area (Å²) in [5.74, 6) is 0.0591. The molecule has 146 valence electrons. The molecule has 0 N–H and O–H groups in total. The molecular weight excluding hydrogens is 452 g/mol. The van der Waals surface area contributed by atoms with Gasteiger partial charge in [0.2, 0.25) is 0 Å². The third kappa shape index (κ3) is 3.63. The minimum atomic E-state index is 0.0591. The van der Waals surface area contributed by atoms with Gasteiger partial charge in [0.15, 0.2) is 5.13 Å². The SMILES string of the molecule is O=C(c1ccc(-n2cc(Br)cn2)cc1)N1CCN(c2nc3cccnc3s2)CC1. The van der Waals surface area contributed by atoms with Crippen molar-refractivity contribution in [1.29, 1.82) is 0 Å². The quantitative estimate of drug-likeness (QED) is 0.459. The van der Waals surface area contributed by atoms with E-state index in [1.807, 2.05) is 47.5 Å². The van der Waals surface area contributed by atoms with Crippen LogP contribution >= 0.6 is 27.3 Å². The second-order valence-corrected chi connectivity index (χ2v) is 8.63. The molecule has 3 aromatic heterocycles. The number of nitrogens with zero attached hydrogens (tertiary/aromatic N) is 6. The van der Waals surface area contributed by atoms with Gasteiger partial charge in [-0.3, -0.25) is 4.79 Å². The molecule has 1 amide bonds. The van der Waals surface area contributed by atoms with Gasteiger partial charge in [-0.15, -0.1) is 0 Å². The van der Waals surface area contributed by atoms with Crippen LogP contribution in [0.2, 0.25) is 0 Å². The van der Waals surface area contributed by atoms with Crippen LogP contribution in [0.3, 0.4) is 0 Å². The first-order valence-corrected chi connectivity index (χ1v) is 10.8. The Morgan fingerprint density at radius 3 is 2.55 bits per heavy atom. The van der Waals surface area contributed by atoms with Crippen LogP contribution < -0.4 is 4.90 Å². The number of rotatable bonds is 3. The molecule has 0 aliphatic carbocycles. The summed E-state index contributed by atoms with van der Waals surface area (Å²) >= 11 is 5.00. The second-order valence-electron chi connectivity index (χ2n) is 6.75. The maximum atomic E-state index is 12.9. The summed E-state index contributed by atoms with van der Waals surface area (Å²) in [5.41, 5.74) is 2.54. The van der Waals surface area contributed by atoms with Crippen LogP contribution in [-0.2, 0) is 0 Å². The van der Waals surface area contributed by atoms with Gasteiger partial charge in [0, 0.05) is 44.1 Å². The first kappa shape index (κ1) is 18.3. The number of carbonyl (C=O) groups excluding carboxylic acids is 1. The zero-order chi connectivity index (χ0) is 19.8. The van der Waals surface area contributed by atoms with E-state index in [4.69, 9.17) is 0 Å². The molecule has 0 atom stereocenters. The molecule has 0 unspecified atom stereocenters. The normalized spacial score (nSPS) is 14.5. The fourth-order valence-corrected chi connectivity index (χ4v) is 4.62. The topological polar surface area (TPSA) is 67.2 Å². The summed E-state index contributed by atoms with van der Waals surface area (Å²) in [6.45, 7) is 2.89. The number of amides is 1. The lowest BCUT2D eigenvalue weighted by molar-refractivity contribution is 0.0747. The van der Waals surface area contributed by atoms with Crippen LogP contribution in [0.1, 0.15) is 10.4 Å². The molecule has 9 heteroatoms. The number of hydrogen-bond donors (Lipinski definition) is 0. The maximum Gasteiger partial charge on any atom is 0.253 e. The van der Waals surface area contributed by atoms with Gasteiger partial charge in [0.05, 0.1) is 16.4 Å². The van der Waals surface area contributed by atoms with Crippen molar-refractivity contribution in [2.24, 2.45) is 0 Å². The smallest absolute Gasteiger partial charge is 0.253 e. The Labute approximate surface area is 179 Å². The van der Waals surface area contributed by atoms with Gasteiger partial charge in [0.1, 0.15) is 10.3 Å². The van der Waals surface area contributed by atoms with Crippen molar-refractivity contribution in [3.8, 4) is 5.69 Å². The minimum Gasteiger partial charge on any atom is -0.344 e. The Bertz CT molecular complexity index is 1130. The summed E-state index contributed by atoms with van der Waals surface area (Å²) in [4.78, 5) is 27.0. The highest BCUT2D eigenvalue weighted by atomic mass is 79.9. The molecule has 0 saturated carbocycles. The highest BCUT2D eigenvalue weighted by Crippen LogP contribution is 2.27. The van der Waals surface area contributed by atoms with Crippen LogP contribution in [0.15, 0.2) is 59.5 Å². The first-order chi connectivity index (χ1) is 14.2. The molecule has 4 heterocycles. The molecule has 1 aromatic carbocycles. The maximum absolute atomic E-state index is 12.9. The van der Waals surface area contributed by atoms with Crippen LogP contribution in [0.25, 0.3) is 16.0 Å². The van der Waals surface area contributed by atoms with Gasteiger partial charge in [-0.05, 0) is 52.3 Å². The standard InChI is InChI=1S/C20H17BrN6OS/c21-15-12-23-27(13-15)16-5-3-14(4-6-16)19(28)25-8-10-26(11-9-25)20-24-17-2-1-7-22-18(17)29-20/h1-7,12-13H,8-11H2. The Morgan fingerprint density at radius 2 is 1.86 bits per heavy atom. The minimum absolute atomic E-state index is 0.0591. The van der Waals surface area contributed by atoms with Gasteiger partial charge in [-0.1, -0.05) is 11.3 Å². The molecule has 29 heavy (non-hydrogen) atoms. The number of piperazine rings is 1. The zero-order valence-electron chi connectivity index (χ0n) is 15.4. The number of anilines is 1. The molecule has 0 spiro atoms. The average Bonchev–Trinajstić information content (AvgIpc) is 3.40. The molecule has 1 aliphatic rings. The van der Waals surface area contributed by atoms with Crippen molar-refractivity contribution >= 4 is 48.7 Å². The van der Waals surface area contributed by atoms with Gasteiger partial charge >= 0.3 is 0 Å². The number of thiazole rings is 1. The lowest BCUT2D eigenvalue weighted by Crippen LogP contribution is -2.48. The number of benzene rings is 1. The van der Waals surface area contributed by atoms with E-state index in [2.05, 4.69) is 35.9 Å². The second kappa shape index (κ2) is 7.57. The summed E-state index contributed by atoms with van der Waals surface area (Å²) in [5, 5.41) is 5.24. The van der Waals surface area contributed by atoms with Crippen molar-refractivity contribution in [2.75, 3.05) is 31.1 Å². The average molecular weight is 469 g/mol. The molecule has 1 saturated heterocycles. The van der Waals surface area contributed by atoms with E-state index in [0.717, 1.165) is 38.7 Å². The van der Waals surface area contributed by atoms with Crippen LogP contribution in [-0.4, -0.2) is 56.7 Å². The first-order valence-electron chi connectivity index (χ1n) is 9.24. The molecule has 5 rings (SSSR count). The van der Waals surface area contributed by atoms with Crippen molar-refractivity contribution < 1.29 is 4.79 Å². The highest BCUT2D eigenvalue weighted by Gasteiger charge is 2.24. The number of pyridine rings is 1. The van der Waals surface area contributed by atoms with Crippen LogP contribution in [0.4, 0.5) is 5.13 Å². The Hall–Kier alpha value is -2.78. The Kier molecular flexibility index (Phi) is 4.76. The number of hydrogen-bond acceptors (Lipinski definition) is 6. The van der Waals surface area contributed by atoms with Crippen molar-refractivity contribution in [2.45, 2.75) is 0 Å². The Morgan fingerprint density at radius 1 is 1.07 bits per heavy atom. The van der Waals surface area contributed by atoms with Gasteiger partial charge in [-0.2, -0.15) is 5.10 Å². The summed E-state index contributed by atoms with van der Waals surface area (Å²) < 4.78 is 2.68. The van der Waals surface area contributed by atoms with E-state index in [1.165, 1.54) is 0 Å². The lowest BCUT2D eigenvalue weighted by Gasteiger charge is -2.34. The van der Waals surface area contributed by atoms with Crippen molar-refractivity contribution in [3.63, 3.8) is 0 Å². The van der Waals surface area contributed by atoms with Gasteiger partial charge in [0.25, 0.3) is 5.91 Å². The van der Waals surface area contributed by atoms with E-state index in [1.54, 1.807) is 28.4 Å². The van der Waals surface area contributed by atoms with Crippen molar-refractivity contribution in [3.05, 3.63) is 65.0 Å². The molecule has 0 radical (unpaired) electrons. The summed E-state index contributed by atoms with van der Waals surface area (Å²) in [7, 11) is 0. The highest BCUT2D eigenvalue weighted by molar-refractivity contribution is 9.10. The third-order valence-electron chi connectivity index (χ3n) is 4.92. The number of halogens is 1. The number of fused-ring (bicyclic) bond motifs is 1. The van der Waals surface area contributed by atoms with E-state index in [-0.39, 0.29) is 5.91 Å². The number of aromatic nitrogens is 4. The van der Waals surface area contributed by atoms with Crippen molar-refractivity contribution in [1.82, 2.24) is 24.6 Å². The van der Waals surface area contributed by atoms with E-state index in [0.29, 0.717) is 18.7 Å². The van der Waals surface area contributed by atoms with Crippen LogP contribution in [0, 0.1) is 0 Å².